The molecule has 0 aliphatic heterocycles. The van der Waals surface area contributed by atoms with E-state index in [4.69, 9.17) is 5.11 Å². The highest BCUT2D eigenvalue weighted by Gasteiger charge is 2.21. The lowest BCUT2D eigenvalue weighted by molar-refractivity contribution is -0.384. The number of carbonyl (C=O) groups excluding carboxylic acids is 1. The van der Waals surface area contributed by atoms with Gasteiger partial charge in [0.2, 0.25) is 0 Å². The zero-order valence-corrected chi connectivity index (χ0v) is 12.9. The molecule has 2 rings (SSSR count). The molecule has 0 aromatic heterocycles. The minimum Gasteiger partial charge on any atom is -0.481 e. The molecule has 2 N–H and O–H groups in total. The molecule has 2 aromatic carbocycles. The second kappa shape index (κ2) is 7.36. The predicted molar refractivity (Wildman–Crippen MR) is 86.7 cm³/mol. The first-order valence-corrected chi connectivity index (χ1v) is 7.20. The smallest absolute Gasteiger partial charge is 0.305 e. The molecule has 1 atom stereocenters. The molecule has 0 aliphatic carbocycles. The highest BCUT2D eigenvalue weighted by molar-refractivity contribution is 5.94. The minimum atomic E-state index is -1.11. The molecule has 24 heavy (non-hydrogen) atoms. The van der Waals surface area contributed by atoms with Gasteiger partial charge in [0.1, 0.15) is 0 Å². The number of hydrogen-bond donors (Lipinski definition) is 2. The number of nitrogens with one attached hydrogen (secondary N) is 1. The number of amides is 1. The molecule has 0 radical (unpaired) electrons. The van der Waals surface area contributed by atoms with E-state index in [1.165, 1.54) is 18.2 Å². The average molecular weight is 328 g/mol. The Morgan fingerprint density at radius 2 is 1.92 bits per heavy atom. The first-order chi connectivity index (χ1) is 11.4. The molecular formula is C17H16N2O5. The summed E-state index contributed by atoms with van der Waals surface area (Å²) in [6.45, 7) is 1.84. The van der Waals surface area contributed by atoms with E-state index in [9.17, 15) is 19.7 Å². The zero-order valence-electron chi connectivity index (χ0n) is 12.9. The van der Waals surface area contributed by atoms with Crippen molar-refractivity contribution in [3.8, 4) is 0 Å². The lowest BCUT2D eigenvalue weighted by Gasteiger charge is -2.17. The van der Waals surface area contributed by atoms with E-state index in [-0.39, 0.29) is 12.1 Å². The van der Waals surface area contributed by atoms with E-state index in [0.717, 1.165) is 5.56 Å². The number of nitro benzene ring substituents is 1. The van der Waals surface area contributed by atoms with Crippen molar-refractivity contribution in [3.05, 3.63) is 75.3 Å². The van der Waals surface area contributed by atoms with E-state index in [1.54, 1.807) is 24.3 Å². The van der Waals surface area contributed by atoms with Crippen molar-refractivity contribution in [2.45, 2.75) is 19.4 Å². The maximum atomic E-state index is 12.3. The van der Waals surface area contributed by atoms with Crippen LogP contribution in [0.1, 0.15) is 33.9 Å². The highest BCUT2D eigenvalue weighted by atomic mass is 16.6. The lowest BCUT2D eigenvalue weighted by atomic mass is 10.0. The first kappa shape index (κ1) is 17.1. The Balaban J connectivity index is 2.28. The Labute approximate surface area is 138 Å². The molecule has 1 amide bonds. The lowest BCUT2D eigenvalue weighted by Crippen LogP contribution is -2.30. The van der Waals surface area contributed by atoms with Gasteiger partial charge >= 0.3 is 5.97 Å². The van der Waals surface area contributed by atoms with Crippen LogP contribution in [0.5, 0.6) is 0 Å². The molecule has 0 unspecified atom stereocenters. The number of carboxylic acid groups (broad SMARTS) is 1. The maximum Gasteiger partial charge on any atom is 0.305 e. The molecule has 7 heteroatoms. The van der Waals surface area contributed by atoms with E-state index < -0.39 is 22.8 Å². The van der Waals surface area contributed by atoms with Gasteiger partial charge in [-0.15, -0.1) is 0 Å². The van der Waals surface area contributed by atoms with Crippen LogP contribution < -0.4 is 5.32 Å². The SMILES string of the molecule is Cc1cccc(C(=O)N[C@@H](CC(=O)O)c2cccc([N+](=O)[O-])c2)c1. The fourth-order valence-electron chi connectivity index (χ4n) is 2.31. The third-order valence-electron chi connectivity index (χ3n) is 3.45. The number of aliphatic carboxylic acids is 1. The van der Waals surface area contributed by atoms with Gasteiger partial charge in [0.15, 0.2) is 0 Å². The topological polar surface area (TPSA) is 110 Å². The van der Waals surface area contributed by atoms with Crippen LogP contribution in [0.15, 0.2) is 48.5 Å². The predicted octanol–water partition coefficient (Wildman–Crippen LogP) is 2.85. The normalized spacial score (nSPS) is 11.5. The molecule has 7 nitrogen and oxygen atoms in total. The largest absolute Gasteiger partial charge is 0.481 e. The summed E-state index contributed by atoms with van der Waals surface area (Å²) in [5, 5.41) is 22.6. The van der Waals surface area contributed by atoms with Crippen LogP contribution in [-0.4, -0.2) is 21.9 Å². The number of hydrogen-bond acceptors (Lipinski definition) is 4. The summed E-state index contributed by atoms with van der Waals surface area (Å²) < 4.78 is 0. The highest BCUT2D eigenvalue weighted by Crippen LogP contribution is 2.22. The number of benzene rings is 2. The van der Waals surface area contributed by atoms with Gasteiger partial charge in [-0.2, -0.15) is 0 Å². The first-order valence-electron chi connectivity index (χ1n) is 7.20. The van der Waals surface area contributed by atoms with Crippen molar-refractivity contribution >= 4 is 17.6 Å². The maximum absolute atomic E-state index is 12.3. The molecule has 2 aromatic rings. The van der Waals surface area contributed by atoms with Gasteiger partial charge < -0.3 is 10.4 Å². The number of non-ortho nitro benzene ring substituents is 1. The van der Waals surface area contributed by atoms with Gasteiger partial charge in [-0.1, -0.05) is 29.8 Å². The molecule has 0 spiro atoms. The third kappa shape index (κ3) is 4.39. The van der Waals surface area contributed by atoms with Crippen LogP contribution in [0.2, 0.25) is 0 Å². The fourth-order valence-corrected chi connectivity index (χ4v) is 2.31. The van der Waals surface area contributed by atoms with Crippen LogP contribution in [0.3, 0.4) is 0 Å². The second-order valence-corrected chi connectivity index (χ2v) is 5.35. The standard InChI is InChI=1S/C17H16N2O5/c1-11-4-2-6-13(8-11)17(22)18-15(10-16(20)21)12-5-3-7-14(9-12)19(23)24/h2-9,15H,10H2,1H3,(H,18,22)(H,20,21)/t15-/m0/s1. The van der Waals surface area contributed by atoms with Crippen molar-refractivity contribution in [1.29, 1.82) is 0 Å². The number of carboxylic acids is 1. The molecule has 0 bridgehead atoms. The van der Waals surface area contributed by atoms with Crippen molar-refractivity contribution in [1.82, 2.24) is 5.32 Å². The third-order valence-corrected chi connectivity index (χ3v) is 3.45. The fraction of sp³-hybridized carbons (Fsp3) is 0.176. The summed E-state index contributed by atoms with van der Waals surface area (Å²) in [7, 11) is 0. The van der Waals surface area contributed by atoms with E-state index in [1.807, 2.05) is 13.0 Å². The van der Waals surface area contributed by atoms with E-state index in [0.29, 0.717) is 11.1 Å². The van der Waals surface area contributed by atoms with Gasteiger partial charge in [0.25, 0.3) is 11.6 Å². The summed E-state index contributed by atoms with van der Waals surface area (Å²) in [5.41, 5.74) is 1.50. The zero-order chi connectivity index (χ0) is 17.7. The van der Waals surface area contributed by atoms with Gasteiger partial charge in [-0.05, 0) is 24.6 Å². The van der Waals surface area contributed by atoms with Crippen molar-refractivity contribution < 1.29 is 19.6 Å². The summed E-state index contributed by atoms with van der Waals surface area (Å²) in [6.07, 6.45) is -0.376. The van der Waals surface area contributed by atoms with E-state index >= 15 is 0 Å². The number of aryl methyl sites for hydroxylation is 1. The molecule has 0 saturated heterocycles. The Bertz CT molecular complexity index is 788. The number of nitrogens with zero attached hydrogens (tertiary/aromatic N) is 1. The van der Waals surface area contributed by atoms with Gasteiger partial charge in [0, 0.05) is 17.7 Å². The molecule has 0 fully saturated rings. The van der Waals surface area contributed by atoms with E-state index in [2.05, 4.69) is 5.32 Å². The minimum absolute atomic E-state index is 0.160. The molecule has 0 aliphatic rings. The van der Waals surface area contributed by atoms with Crippen LogP contribution in [0, 0.1) is 17.0 Å². The molecule has 0 heterocycles. The Morgan fingerprint density at radius 3 is 2.54 bits per heavy atom. The Kier molecular flexibility index (Phi) is 5.26. The number of nitro groups is 1. The number of carbonyl (C=O) groups is 2. The van der Waals surface area contributed by atoms with Crippen molar-refractivity contribution in [2.24, 2.45) is 0 Å². The Morgan fingerprint density at radius 1 is 1.21 bits per heavy atom. The van der Waals surface area contributed by atoms with Crippen molar-refractivity contribution in [3.63, 3.8) is 0 Å². The quantitative estimate of drug-likeness (QED) is 0.626. The van der Waals surface area contributed by atoms with Gasteiger partial charge in [-0.3, -0.25) is 19.7 Å². The van der Waals surface area contributed by atoms with Gasteiger partial charge in [0.05, 0.1) is 17.4 Å². The monoisotopic (exact) mass is 328 g/mol. The van der Waals surface area contributed by atoms with Crippen LogP contribution in [0.25, 0.3) is 0 Å². The molecular weight excluding hydrogens is 312 g/mol. The average Bonchev–Trinajstić information content (AvgIpc) is 2.54. The second-order valence-electron chi connectivity index (χ2n) is 5.35. The van der Waals surface area contributed by atoms with Crippen LogP contribution in [-0.2, 0) is 4.79 Å². The van der Waals surface area contributed by atoms with Crippen molar-refractivity contribution in [2.75, 3.05) is 0 Å². The van der Waals surface area contributed by atoms with Crippen LogP contribution >= 0.6 is 0 Å². The summed E-state index contributed by atoms with van der Waals surface area (Å²) in [4.78, 5) is 33.7. The van der Waals surface area contributed by atoms with Crippen LogP contribution in [0.4, 0.5) is 5.69 Å². The molecule has 0 saturated carbocycles. The summed E-state index contributed by atoms with van der Waals surface area (Å²) in [6, 6.07) is 11.6. The summed E-state index contributed by atoms with van der Waals surface area (Å²) in [5.74, 6) is -1.55. The van der Waals surface area contributed by atoms with Gasteiger partial charge in [-0.25, -0.2) is 0 Å². The summed E-state index contributed by atoms with van der Waals surface area (Å²) >= 11 is 0. The Hall–Kier alpha value is -3.22. The molecule has 124 valence electrons. The number of rotatable bonds is 6.